The number of H-pyrrole nitrogens is 2. The normalized spacial score (nSPS) is 12.8. The Bertz CT molecular complexity index is 1250. The van der Waals surface area contributed by atoms with E-state index in [1.165, 1.54) is 0 Å². The Morgan fingerprint density at radius 2 is 1.19 bits per heavy atom. The maximum Gasteiger partial charge on any atom is 0.321 e. The third-order valence-corrected chi connectivity index (χ3v) is 4.95. The molecule has 1 unspecified atom stereocenters. The summed E-state index contributed by atoms with van der Waals surface area (Å²) in [6.45, 7) is 0. The number of carboxylic acid groups (broad SMARTS) is 1. The number of thiol groups is 1. The molecule has 3 aromatic heterocycles. The van der Waals surface area contributed by atoms with Crippen molar-refractivity contribution in [3.8, 4) is 0 Å². The summed E-state index contributed by atoms with van der Waals surface area (Å²) < 4.78 is 0. The number of hydrogen-bond acceptors (Lipinski definition) is 5. The van der Waals surface area contributed by atoms with E-state index >= 15 is 0 Å². The minimum Gasteiger partial charge on any atom is -0.480 e. The fourth-order valence-corrected chi connectivity index (χ4v) is 3.18. The van der Waals surface area contributed by atoms with Crippen LogP contribution in [0.4, 0.5) is 0 Å². The van der Waals surface area contributed by atoms with Crippen molar-refractivity contribution in [2.75, 3.05) is 5.75 Å². The predicted octanol–water partition coefficient (Wildman–Crippen LogP) is 3.98. The summed E-state index contributed by atoms with van der Waals surface area (Å²) in [6, 6.07) is 15.6. The summed E-state index contributed by atoms with van der Waals surface area (Å²) in [5.74, 6) is -0.815. The molecule has 0 aliphatic carbocycles. The minimum atomic E-state index is -1.00. The van der Waals surface area contributed by atoms with Crippen LogP contribution >= 0.6 is 12.6 Å². The molecule has 0 radical (unpaired) electrons. The van der Waals surface area contributed by atoms with E-state index in [0.29, 0.717) is 0 Å². The quantitative estimate of drug-likeness (QED) is 0.271. The Kier molecular flexibility index (Phi) is 6.01. The fraction of sp³-hybridized carbons (Fsp3) is 0.0870. The highest BCUT2D eigenvalue weighted by molar-refractivity contribution is 7.80. The third kappa shape index (κ3) is 5.30. The Balaban J connectivity index is 0.000000289. The van der Waals surface area contributed by atoms with Crippen LogP contribution in [0.2, 0.25) is 0 Å². The SMILES string of the molecule is C1=Cc2cc3ccc(cc4ccc(cc5nc(cc1n2)C=C5)[nH]4)[nH]3.NC(CS)C(=O)O. The largest absolute Gasteiger partial charge is 0.480 e. The van der Waals surface area contributed by atoms with Gasteiger partial charge in [-0.3, -0.25) is 4.79 Å². The molecular formula is C23H21N5O2S. The Labute approximate surface area is 183 Å². The summed E-state index contributed by atoms with van der Waals surface area (Å²) in [5, 5.41) is 8.01. The van der Waals surface area contributed by atoms with E-state index in [1.54, 1.807) is 0 Å². The van der Waals surface area contributed by atoms with Gasteiger partial charge >= 0.3 is 5.97 Å². The van der Waals surface area contributed by atoms with Gasteiger partial charge in [-0.15, -0.1) is 0 Å². The molecular weight excluding hydrogens is 410 g/mol. The first-order valence-electron chi connectivity index (χ1n) is 9.62. The van der Waals surface area contributed by atoms with Crippen LogP contribution in [0.3, 0.4) is 0 Å². The van der Waals surface area contributed by atoms with Gasteiger partial charge in [0.1, 0.15) is 6.04 Å². The first-order valence-corrected chi connectivity index (χ1v) is 10.3. The van der Waals surface area contributed by atoms with Gasteiger partial charge in [-0.25, -0.2) is 9.97 Å². The van der Waals surface area contributed by atoms with Gasteiger partial charge in [0, 0.05) is 27.8 Å². The highest BCUT2D eigenvalue weighted by Crippen LogP contribution is 2.17. The molecule has 0 spiro atoms. The smallest absolute Gasteiger partial charge is 0.321 e. The van der Waals surface area contributed by atoms with Crippen LogP contribution in [0.5, 0.6) is 0 Å². The number of hydrogen-bond donors (Lipinski definition) is 5. The van der Waals surface area contributed by atoms with E-state index in [9.17, 15) is 4.79 Å². The van der Waals surface area contributed by atoms with Gasteiger partial charge in [0.25, 0.3) is 0 Å². The lowest BCUT2D eigenvalue weighted by Crippen LogP contribution is -2.31. The fourth-order valence-electron chi connectivity index (χ4n) is 3.02. The molecule has 8 bridgehead atoms. The molecule has 0 amide bonds. The molecule has 2 aliphatic heterocycles. The lowest BCUT2D eigenvalue weighted by Gasteiger charge is -1.96. The maximum absolute atomic E-state index is 9.76. The topological polar surface area (TPSA) is 121 Å². The number of rotatable bonds is 2. The van der Waals surface area contributed by atoms with Crippen molar-refractivity contribution in [3.05, 3.63) is 71.3 Å². The molecule has 5 N–H and O–H groups in total. The van der Waals surface area contributed by atoms with Gasteiger partial charge in [0.15, 0.2) is 0 Å². The summed E-state index contributed by atoms with van der Waals surface area (Å²) >= 11 is 3.65. The number of carbonyl (C=O) groups is 1. The highest BCUT2D eigenvalue weighted by Gasteiger charge is 2.06. The molecule has 2 aliphatic rings. The van der Waals surface area contributed by atoms with E-state index in [2.05, 4.69) is 62.9 Å². The highest BCUT2D eigenvalue weighted by atomic mass is 32.1. The number of aliphatic carboxylic acids is 1. The second-order valence-corrected chi connectivity index (χ2v) is 7.40. The van der Waals surface area contributed by atoms with Crippen LogP contribution in [-0.2, 0) is 4.79 Å². The molecule has 31 heavy (non-hydrogen) atoms. The number of fused-ring (bicyclic) bond motifs is 8. The second-order valence-electron chi connectivity index (χ2n) is 7.03. The molecule has 156 valence electrons. The predicted molar refractivity (Wildman–Crippen MR) is 128 cm³/mol. The number of aromatic amines is 2. The lowest BCUT2D eigenvalue weighted by atomic mass is 10.3. The number of nitrogens with zero attached hydrogens (tertiary/aromatic N) is 2. The average molecular weight is 432 g/mol. The lowest BCUT2D eigenvalue weighted by molar-refractivity contribution is -0.137. The zero-order valence-electron chi connectivity index (χ0n) is 16.5. The molecule has 0 aromatic carbocycles. The molecule has 0 saturated carbocycles. The summed E-state index contributed by atoms with van der Waals surface area (Å²) in [4.78, 5) is 25.8. The zero-order valence-corrected chi connectivity index (χ0v) is 17.4. The first-order chi connectivity index (χ1) is 15.0. The van der Waals surface area contributed by atoms with Crippen LogP contribution in [0.25, 0.3) is 46.4 Å². The van der Waals surface area contributed by atoms with Crippen molar-refractivity contribution in [1.29, 1.82) is 0 Å². The average Bonchev–Trinajstić information content (AvgIpc) is 3.53. The van der Waals surface area contributed by atoms with E-state index in [1.807, 2.05) is 42.5 Å². The van der Waals surface area contributed by atoms with Gasteiger partial charge in [-0.2, -0.15) is 12.6 Å². The molecule has 5 rings (SSSR count). The third-order valence-electron chi connectivity index (χ3n) is 4.56. The van der Waals surface area contributed by atoms with E-state index in [0.717, 1.165) is 44.8 Å². The molecule has 5 heterocycles. The van der Waals surface area contributed by atoms with Crippen molar-refractivity contribution in [2.45, 2.75) is 6.04 Å². The molecule has 3 aromatic rings. The first kappa shape index (κ1) is 20.6. The zero-order chi connectivity index (χ0) is 21.8. The number of aromatic nitrogens is 4. The van der Waals surface area contributed by atoms with Gasteiger partial charge in [-0.05, 0) is 72.8 Å². The van der Waals surface area contributed by atoms with Crippen LogP contribution in [0.15, 0.2) is 48.5 Å². The van der Waals surface area contributed by atoms with Crippen molar-refractivity contribution in [1.82, 2.24) is 19.9 Å². The second kappa shape index (κ2) is 9.03. The van der Waals surface area contributed by atoms with Gasteiger partial charge in [0.05, 0.1) is 22.8 Å². The van der Waals surface area contributed by atoms with Crippen molar-refractivity contribution < 1.29 is 9.90 Å². The number of carboxylic acids is 1. The molecule has 0 saturated heterocycles. The van der Waals surface area contributed by atoms with Gasteiger partial charge < -0.3 is 20.8 Å². The molecule has 1 atom stereocenters. The monoisotopic (exact) mass is 431 g/mol. The summed E-state index contributed by atoms with van der Waals surface area (Å²) in [7, 11) is 0. The maximum atomic E-state index is 9.76. The Morgan fingerprint density at radius 3 is 1.55 bits per heavy atom. The van der Waals surface area contributed by atoms with E-state index in [4.69, 9.17) is 10.8 Å². The standard InChI is InChI=1S/C20H14N4.C3H7NO2S/c1-2-14-10-16-5-6-18(23-16)12-20-8-7-19(24-20)11-17-4-3-15(22-17)9-13(1)21-14;4-2(1-7)3(5)6/h1-12,21-22H;2,7H,1,4H2,(H,5,6). The van der Waals surface area contributed by atoms with Gasteiger partial charge in [0.2, 0.25) is 0 Å². The van der Waals surface area contributed by atoms with Crippen LogP contribution in [-0.4, -0.2) is 42.8 Å². The van der Waals surface area contributed by atoms with E-state index in [-0.39, 0.29) is 5.75 Å². The number of nitrogens with two attached hydrogens (primary N) is 1. The minimum absolute atomic E-state index is 0.190. The Hall–Kier alpha value is -3.62. The molecule has 0 fully saturated rings. The van der Waals surface area contributed by atoms with Gasteiger partial charge in [-0.1, -0.05) is 0 Å². The van der Waals surface area contributed by atoms with Crippen molar-refractivity contribution in [3.63, 3.8) is 0 Å². The van der Waals surface area contributed by atoms with Crippen LogP contribution < -0.4 is 5.73 Å². The van der Waals surface area contributed by atoms with Crippen LogP contribution in [0.1, 0.15) is 22.8 Å². The van der Waals surface area contributed by atoms with E-state index < -0.39 is 12.0 Å². The summed E-state index contributed by atoms with van der Waals surface area (Å²) in [6.07, 6.45) is 8.05. The summed E-state index contributed by atoms with van der Waals surface area (Å²) in [5.41, 5.74) is 12.8. The molecule has 7 nitrogen and oxygen atoms in total. The van der Waals surface area contributed by atoms with Crippen LogP contribution in [0, 0.1) is 0 Å². The molecule has 8 heteroatoms. The van der Waals surface area contributed by atoms with Crippen molar-refractivity contribution in [2.24, 2.45) is 5.73 Å². The number of nitrogens with one attached hydrogen (secondary N) is 2. The van der Waals surface area contributed by atoms with Crippen molar-refractivity contribution >= 4 is 65.0 Å². The Morgan fingerprint density at radius 1 is 0.806 bits per heavy atom.